The normalized spacial score (nSPS) is 14.7. The van der Waals surface area contributed by atoms with Crippen molar-refractivity contribution in [3.8, 4) is 17.0 Å². The molecule has 0 bridgehead atoms. The molecule has 3 aromatic rings. The fourth-order valence-electron chi connectivity index (χ4n) is 3.42. The number of piperazine rings is 1. The van der Waals surface area contributed by atoms with E-state index in [-0.39, 0.29) is 12.5 Å². The second kappa shape index (κ2) is 9.20. The monoisotopic (exact) mass is 407 g/mol. The van der Waals surface area contributed by atoms with Crippen LogP contribution in [0.2, 0.25) is 0 Å². The number of carbonyl (C=O) groups is 1. The van der Waals surface area contributed by atoms with Crippen LogP contribution in [0.15, 0.2) is 60.0 Å². The van der Waals surface area contributed by atoms with Gasteiger partial charge in [-0.3, -0.25) is 9.69 Å². The summed E-state index contributed by atoms with van der Waals surface area (Å²) in [5, 5.41) is 3.24. The number of thiazole rings is 1. The third kappa shape index (κ3) is 5.02. The van der Waals surface area contributed by atoms with Gasteiger partial charge in [-0.2, -0.15) is 0 Å². The van der Waals surface area contributed by atoms with Crippen molar-refractivity contribution < 1.29 is 9.53 Å². The number of nitrogens with zero attached hydrogens (tertiary/aromatic N) is 3. The van der Waals surface area contributed by atoms with E-state index in [1.54, 1.807) is 11.3 Å². The summed E-state index contributed by atoms with van der Waals surface area (Å²) >= 11 is 1.70. The number of rotatable bonds is 6. The Labute approximate surface area is 175 Å². The first kappa shape index (κ1) is 19.6. The van der Waals surface area contributed by atoms with Gasteiger partial charge in [-0.05, 0) is 18.6 Å². The van der Waals surface area contributed by atoms with Gasteiger partial charge in [0.2, 0.25) is 0 Å². The Hall–Kier alpha value is -2.70. The summed E-state index contributed by atoms with van der Waals surface area (Å²) < 4.78 is 5.71. The molecule has 4 rings (SSSR count). The molecule has 1 saturated heterocycles. The molecule has 0 unspecified atom stereocenters. The average molecular weight is 408 g/mol. The van der Waals surface area contributed by atoms with Crippen LogP contribution < -0.4 is 4.74 Å². The van der Waals surface area contributed by atoms with Crippen molar-refractivity contribution in [1.29, 1.82) is 0 Å². The van der Waals surface area contributed by atoms with Crippen LogP contribution >= 0.6 is 11.3 Å². The predicted molar refractivity (Wildman–Crippen MR) is 116 cm³/mol. The first-order valence-corrected chi connectivity index (χ1v) is 10.8. The van der Waals surface area contributed by atoms with E-state index in [4.69, 9.17) is 9.72 Å². The molecule has 2 aromatic carbocycles. The van der Waals surface area contributed by atoms with E-state index >= 15 is 0 Å². The summed E-state index contributed by atoms with van der Waals surface area (Å²) in [5.74, 6) is 0.825. The highest BCUT2D eigenvalue weighted by Crippen LogP contribution is 2.23. The number of para-hydroxylation sites is 1. The van der Waals surface area contributed by atoms with Crippen molar-refractivity contribution in [2.75, 3.05) is 32.8 Å². The van der Waals surface area contributed by atoms with E-state index < -0.39 is 0 Å². The first-order valence-electron chi connectivity index (χ1n) is 9.87. The number of aromatic nitrogens is 1. The van der Waals surface area contributed by atoms with Crippen LogP contribution in [0.4, 0.5) is 0 Å². The lowest BCUT2D eigenvalue weighted by molar-refractivity contribution is -0.135. The summed E-state index contributed by atoms with van der Waals surface area (Å²) in [7, 11) is 0. The molecule has 0 radical (unpaired) electrons. The minimum atomic E-state index is 0.0496. The van der Waals surface area contributed by atoms with E-state index in [0.717, 1.165) is 60.3 Å². The number of benzene rings is 2. The molecule has 6 heteroatoms. The zero-order valence-electron chi connectivity index (χ0n) is 16.6. The maximum absolute atomic E-state index is 12.5. The Morgan fingerprint density at radius 1 is 1.03 bits per heavy atom. The van der Waals surface area contributed by atoms with Crippen LogP contribution in [0.3, 0.4) is 0 Å². The molecule has 1 fully saturated rings. The van der Waals surface area contributed by atoms with Gasteiger partial charge in [0, 0.05) is 37.1 Å². The fraction of sp³-hybridized carbons (Fsp3) is 0.304. The smallest absolute Gasteiger partial charge is 0.260 e. The predicted octanol–water partition coefficient (Wildman–Crippen LogP) is 3.84. The summed E-state index contributed by atoms with van der Waals surface area (Å²) in [5.41, 5.74) is 3.23. The quantitative estimate of drug-likeness (QED) is 0.623. The van der Waals surface area contributed by atoms with Crippen molar-refractivity contribution in [3.05, 3.63) is 70.5 Å². The van der Waals surface area contributed by atoms with E-state index in [2.05, 4.69) is 22.4 Å². The third-order valence-electron chi connectivity index (χ3n) is 5.15. The summed E-state index contributed by atoms with van der Waals surface area (Å²) in [4.78, 5) is 21.5. The summed E-state index contributed by atoms with van der Waals surface area (Å²) in [6.45, 7) is 6.09. The van der Waals surface area contributed by atoms with Gasteiger partial charge in [0.25, 0.3) is 5.91 Å². The summed E-state index contributed by atoms with van der Waals surface area (Å²) in [6, 6.07) is 18.0. The highest BCUT2D eigenvalue weighted by Gasteiger charge is 2.22. The average Bonchev–Trinajstić information content (AvgIpc) is 3.23. The molecular weight excluding hydrogens is 382 g/mol. The molecule has 0 atom stereocenters. The zero-order chi connectivity index (χ0) is 20.1. The Morgan fingerprint density at radius 2 is 1.76 bits per heavy atom. The lowest BCUT2D eigenvalue weighted by Crippen LogP contribution is -2.49. The van der Waals surface area contributed by atoms with E-state index in [0.29, 0.717) is 0 Å². The molecule has 1 amide bonds. The molecule has 1 aliphatic rings. The molecule has 1 aliphatic heterocycles. The van der Waals surface area contributed by atoms with Crippen LogP contribution in [-0.2, 0) is 11.3 Å². The largest absolute Gasteiger partial charge is 0.484 e. The Morgan fingerprint density at radius 3 is 2.52 bits per heavy atom. The standard InChI is InChI=1S/C23H25N3O2S/c1-18-7-5-6-10-21(18)28-16-23(27)26-13-11-25(12-14-26)15-22-24-20(17-29-22)19-8-3-2-4-9-19/h2-10,17H,11-16H2,1H3. The van der Waals surface area contributed by atoms with Gasteiger partial charge in [-0.25, -0.2) is 4.98 Å². The van der Waals surface area contributed by atoms with Gasteiger partial charge in [0.05, 0.1) is 12.2 Å². The molecule has 29 heavy (non-hydrogen) atoms. The first-order chi connectivity index (χ1) is 14.2. The number of aryl methyl sites for hydroxylation is 1. The number of ether oxygens (including phenoxy) is 1. The van der Waals surface area contributed by atoms with Gasteiger partial charge < -0.3 is 9.64 Å². The van der Waals surface area contributed by atoms with Gasteiger partial charge in [-0.15, -0.1) is 11.3 Å². The van der Waals surface area contributed by atoms with Crippen LogP contribution in [0.1, 0.15) is 10.6 Å². The highest BCUT2D eigenvalue weighted by atomic mass is 32.1. The number of hydrogen-bond acceptors (Lipinski definition) is 5. The molecule has 0 aliphatic carbocycles. The van der Waals surface area contributed by atoms with Crippen molar-refractivity contribution in [2.45, 2.75) is 13.5 Å². The molecule has 150 valence electrons. The summed E-state index contributed by atoms with van der Waals surface area (Å²) in [6.07, 6.45) is 0. The molecular formula is C23H25N3O2S. The lowest BCUT2D eigenvalue weighted by Gasteiger charge is -2.34. The molecule has 2 heterocycles. The van der Waals surface area contributed by atoms with E-state index in [1.165, 1.54) is 0 Å². The maximum atomic E-state index is 12.5. The molecule has 0 N–H and O–H groups in total. The fourth-order valence-corrected chi connectivity index (χ4v) is 4.27. The van der Waals surface area contributed by atoms with E-state index in [9.17, 15) is 4.79 Å². The minimum absolute atomic E-state index is 0.0496. The number of carbonyl (C=O) groups excluding carboxylic acids is 1. The number of amides is 1. The topological polar surface area (TPSA) is 45.7 Å². The maximum Gasteiger partial charge on any atom is 0.260 e. The third-order valence-corrected chi connectivity index (χ3v) is 5.98. The second-order valence-electron chi connectivity index (χ2n) is 7.20. The van der Waals surface area contributed by atoms with Gasteiger partial charge in [-0.1, -0.05) is 48.5 Å². The molecule has 5 nitrogen and oxygen atoms in total. The van der Waals surface area contributed by atoms with Crippen molar-refractivity contribution >= 4 is 17.2 Å². The van der Waals surface area contributed by atoms with Crippen molar-refractivity contribution in [1.82, 2.24) is 14.8 Å². The van der Waals surface area contributed by atoms with Gasteiger partial charge in [0.15, 0.2) is 6.61 Å². The highest BCUT2D eigenvalue weighted by molar-refractivity contribution is 7.09. The Bertz CT molecular complexity index is 950. The Balaban J connectivity index is 1.25. The molecule has 0 saturated carbocycles. The minimum Gasteiger partial charge on any atom is -0.484 e. The van der Waals surface area contributed by atoms with Crippen LogP contribution in [0.5, 0.6) is 5.75 Å². The Kier molecular flexibility index (Phi) is 6.22. The van der Waals surface area contributed by atoms with Crippen LogP contribution in [0.25, 0.3) is 11.3 Å². The SMILES string of the molecule is Cc1ccccc1OCC(=O)N1CCN(Cc2nc(-c3ccccc3)cs2)CC1. The lowest BCUT2D eigenvalue weighted by atomic mass is 10.2. The van der Waals surface area contributed by atoms with Crippen molar-refractivity contribution in [2.24, 2.45) is 0 Å². The van der Waals surface area contributed by atoms with Crippen LogP contribution in [-0.4, -0.2) is 53.5 Å². The van der Waals surface area contributed by atoms with Gasteiger partial charge >= 0.3 is 0 Å². The zero-order valence-corrected chi connectivity index (χ0v) is 17.4. The van der Waals surface area contributed by atoms with Crippen molar-refractivity contribution in [3.63, 3.8) is 0 Å². The number of hydrogen-bond donors (Lipinski definition) is 0. The molecule has 1 aromatic heterocycles. The van der Waals surface area contributed by atoms with Crippen LogP contribution in [0, 0.1) is 6.92 Å². The van der Waals surface area contributed by atoms with Gasteiger partial charge in [0.1, 0.15) is 10.8 Å². The molecule has 0 spiro atoms. The second-order valence-corrected chi connectivity index (χ2v) is 8.15. The van der Waals surface area contributed by atoms with E-state index in [1.807, 2.05) is 54.3 Å².